The maximum atomic E-state index is 12.8. The van der Waals surface area contributed by atoms with Crippen LogP contribution in [-0.2, 0) is 14.3 Å². The Balaban J connectivity index is 1.36. The molecule has 0 unspecified atom stereocenters. The van der Waals surface area contributed by atoms with E-state index in [1.165, 1.54) is 6.92 Å². The van der Waals surface area contributed by atoms with Gasteiger partial charge in [0.05, 0.1) is 11.2 Å². The standard InChI is InChI=1S/C28H37BrO5/c1-17(30)33-19-11-14-27(3)22-12-13-26(2)21(20(22)15-23(29)28(27,32)16-19)9-10-24(26)34-25(31)18-7-5-4-6-8-18/h4-8,19-24,32H,9-16H2,1-3H3/t19-,20+,21-,22-,23+,24+,26-,27+,28+/m1/s1. The van der Waals surface area contributed by atoms with Gasteiger partial charge in [0, 0.05) is 29.0 Å². The molecule has 5 nitrogen and oxygen atoms in total. The molecule has 0 heterocycles. The predicted molar refractivity (Wildman–Crippen MR) is 132 cm³/mol. The summed E-state index contributed by atoms with van der Waals surface area (Å²) in [5.41, 5.74) is -0.526. The van der Waals surface area contributed by atoms with E-state index < -0.39 is 5.60 Å². The second-order valence-corrected chi connectivity index (χ2v) is 12.9. The first-order chi connectivity index (χ1) is 16.1. The van der Waals surface area contributed by atoms with Gasteiger partial charge in [-0.3, -0.25) is 4.79 Å². The summed E-state index contributed by atoms with van der Waals surface area (Å²) in [7, 11) is 0. The average Bonchev–Trinajstić information content (AvgIpc) is 3.12. The number of benzene rings is 1. The van der Waals surface area contributed by atoms with Crippen LogP contribution in [-0.4, -0.2) is 39.7 Å². The van der Waals surface area contributed by atoms with Crippen LogP contribution in [0, 0.1) is 28.6 Å². The van der Waals surface area contributed by atoms with E-state index in [1.54, 1.807) is 0 Å². The van der Waals surface area contributed by atoms with E-state index >= 15 is 0 Å². The van der Waals surface area contributed by atoms with Gasteiger partial charge in [0.25, 0.3) is 0 Å². The highest BCUT2D eigenvalue weighted by Gasteiger charge is 2.67. The molecule has 1 aromatic carbocycles. The summed E-state index contributed by atoms with van der Waals surface area (Å²) in [6.45, 7) is 6.05. The molecule has 5 rings (SSSR count). The normalized spacial score (nSPS) is 45.4. The highest BCUT2D eigenvalue weighted by atomic mass is 79.9. The third-order valence-electron chi connectivity index (χ3n) is 10.3. The van der Waals surface area contributed by atoms with Crippen LogP contribution < -0.4 is 0 Å². The zero-order valence-electron chi connectivity index (χ0n) is 20.5. The van der Waals surface area contributed by atoms with Crippen molar-refractivity contribution in [3.8, 4) is 0 Å². The van der Waals surface area contributed by atoms with Crippen LogP contribution in [0.5, 0.6) is 0 Å². The topological polar surface area (TPSA) is 72.8 Å². The second kappa shape index (κ2) is 8.62. The summed E-state index contributed by atoms with van der Waals surface area (Å²) in [4.78, 5) is 24.4. The first kappa shape index (κ1) is 24.3. The van der Waals surface area contributed by atoms with E-state index in [2.05, 4.69) is 29.8 Å². The monoisotopic (exact) mass is 532 g/mol. The molecule has 0 radical (unpaired) electrons. The molecule has 0 bridgehead atoms. The summed E-state index contributed by atoms with van der Waals surface area (Å²) in [5.74, 6) is 0.895. The number of fused-ring (bicyclic) bond motifs is 5. The fourth-order valence-electron chi connectivity index (χ4n) is 8.45. The van der Waals surface area contributed by atoms with Gasteiger partial charge >= 0.3 is 11.9 Å². The van der Waals surface area contributed by atoms with Gasteiger partial charge in [0.1, 0.15) is 12.2 Å². The van der Waals surface area contributed by atoms with Crippen molar-refractivity contribution in [1.29, 1.82) is 0 Å². The highest BCUT2D eigenvalue weighted by molar-refractivity contribution is 9.09. The van der Waals surface area contributed by atoms with Crippen LogP contribution in [0.25, 0.3) is 0 Å². The quantitative estimate of drug-likeness (QED) is 0.400. The molecule has 34 heavy (non-hydrogen) atoms. The maximum Gasteiger partial charge on any atom is 0.338 e. The number of hydrogen-bond acceptors (Lipinski definition) is 5. The molecule has 1 N–H and O–H groups in total. The van der Waals surface area contributed by atoms with Crippen molar-refractivity contribution < 1.29 is 24.2 Å². The summed E-state index contributed by atoms with van der Waals surface area (Å²) in [5, 5.41) is 12.0. The van der Waals surface area contributed by atoms with Gasteiger partial charge in [-0.15, -0.1) is 0 Å². The Hall–Kier alpha value is -1.40. The summed E-state index contributed by atoms with van der Waals surface area (Å²) < 4.78 is 11.7. The Bertz CT molecular complexity index is 951. The number of hydrogen-bond donors (Lipinski definition) is 1. The third kappa shape index (κ3) is 3.66. The molecule has 4 aliphatic rings. The van der Waals surface area contributed by atoms with Gasteiger partial charge in [-0.25, -0.2) is 4.79 Å². The molecule has 0 saturated heterocycles. The molecule has 0 aromatic heterocycles. The van der Waals surface area contributed by atoms with Crippen LogP contribution >= 0.6 is 15.9 Å². The molecule has 0 spiro atoms. The van der Waals surface area contributed by atoms with Crippen molar-refractivity contribution in [3.05, 3.63) is 35.9 Å². The molecule has 1 aromatic rings. The maximum absolute atomic E-state index is 12.8. The minimum absolute atomic E-state index is 0.0287. The largest absolute Gasteiger partial charge is 0.462 e. The molecule has 9 atom stereocenters. The minimum atomic E-state index is -0.891. The van der Waals surface area contributed by atoms with E-state index in [0.29, 0.717) is 29.7 Å². The van der Waals surface area contributed by atoms with Crippen molar-refractivity contribution in [2.24, 2.45) is 28.6 Å². The number of ether oxygens (including phenoxy) is 2. The van der Waals surface area contributed by atoms with E-state index in [0.717, 1.165) is 44.9 Å². The van der Waals surface area contributed by atoms with Gasteiger partial charge in [-0.2, -0.15) is 0 Å². The van der Waals surface area contributed by atoms with Crippen molar-refractivity contribution in [2.45, 2.75) is 94.8 Å². The van der Waals surface area contributed by atoms with Gasteiger partial charge in [-0.1, -0.05) is 48.0 Å². The Morgan fingerprint density at radius 3 is 2.44 bits per heavy atom. The van der Waals surface area contributed by atoms with Crippen molar-refractivity contribution >= 4 is 27.9 Å². The molecule has 0 aliphatic heterocycles. The zero-order chi connectivity index (χ0) is 24.3. The summed E-state index contributed by atoms with van der Waals surface area (Å²) in [6, 6.07) is 9.29. The second-order valence-electron chi connectivity index (χ2n) is 11.8. The first-order valence-electron chi connectivity index (χ1n) is 12.9. The molecule has 4 fully saturated rings. The molecular formula is C28H37BrO5. The fourth-order valence-corrected chi connectivity index (χ4v) is 9.59. The number of halogens is 1. The van der Waals surface area contributed by atoms with Gasteiger partial charge in [-0.05, 0) is 74.8 Å². The Labute approximate surface area is 211 Å². The Kier molecular flexibility index (Phi) is 6.16. The molecular weight excluding hydrogens is 496 g/mol. The molecule has 6 heteroatoms. The average molecular weight is 534 g/mol. The van der Waals surface area contributed by atoms with Crippen LogP contribution in [0.3, 0.4) is 0 Å². The molecule has 0 amide bonds. The van der Waals surface area contributed by atoms with E-state index in [9.17, 15) is 14.7 Å². The smallest absolute Gasteiger partial charge is 0.338 e. The van der Waals surface area contributed by atoms with Gasteiger partial charge < -0.3 is 14.6 Å². The minimum Gasteiger partial charge on any atom is -0.462 e. The number of aliphatic hydroxyl groups is 1. The fraction of sp³-hybridized carbons (Fsp3) is 0.714. The van der Waals surface area contributed by atoms with Crippen molar-refractivity contribution in [3.63, 3.8) is 0 Å². The lowest BCUT2D eigenvalue weighted by Gasteiger charge is -2.65. The van der Waals surface area contributed by atoms with Crippen LogP contribution in [0.1, 0.15) is 82.5 Å². The summed E-state index contributed by atoms with van der Waals surface area (Å²) >= 11 is 3.90. The zero-order valence-corrected chi connectivity index (χ0v) is 22.1. The third-order valence-corrected chi connectivity index (χ3v) is 11.4. The Morgan fingerprint density at radius 1 is 1.00 bits per heavy atom. The number of rotatable bonds is 3. The SMILES string of the molecule is CC(=O)O[C@@H]1CC[C@@]2(C)[C@@H]3CC[C@@]4(C)[C@@H](OC(=O)c5ccccc5)CC[C@@H]4[C@@H]3C[C@H](Br)[C@@]2(O)C1. The molecule has 4 aliphatic carbocycles. The number of carbonyl (C=O) groups excluding carboxylic acids is 2. The lowest BCUT2D eigenvalue weighted by Crippen LogP contribution is -2.67. The van der Waals surface area contributed by atoms with Gasteiger partial charge in [0.15, 0.2) is 0 Å². The Morgan fingerprint density at radius 2 is 1.74 bits per heavy atom. The lowest BCUT2D eigenvalue weighted by molar-refractivity contribution is -0.220. The van der Waals surface area contributed by atoms with Crippen LogP contribution in [0.15, 0.2) is 30.3 Å². The van der Waals surface area contributed by atoms with Crippen LogP contribution in [0.2, 0.25) is 0 Å². The predicted octanol–water partition coefficient (Wildman–Crippen LogP) is 5.67. The number of esters is 2. The lowest BCUT2D eigenvalue weighted by atomic mass is 9.43. The highest BCUT2D eigenvalue weighted by Crippen LogP contribution is 2.68. The van der Waals surface area contributed by atoms with Crippen molar-refractivity contribution in [2.75, 3.05) is 0 Å². The first-order valence-corrected chi connectivity index (χ1v) is 13.8. The molecule has 186 valence electrons. The van der Waals surface area contributed by atoms with Crippen LogP contribution in [0.4, 0.5) is 0 Å². The van der Waals surface area contributed by atoms with E-state index in [-0.39, 0.29) is 39.8 Å². The molecule has 4 saturated carbocycles. The van der Waals surface area contributed by atoms with E-state index in [1.807, 2.05) is 30.3 Å². The van der Waals surface area contributed by atoms with Crippen molar-refractivity contribution in [1.82, 2.24) is 0 Å². The summed E-state index contributed by atoms with van der Waals surface area (Å²) in [6.07, 6.45) is 6.82. The number of carbonyl (C=O) groups is 2. The van der Waals surface area contributed by atoms with E-state index in [4.69, 9.17) is 9.47 Å². The number of alkyl halides is 1. The van der Waals surface area contributed by atoms with Gasteiger partial charge in [0.2, 0.25) is 0 Å².